The number of likely N-dealkylation sites (N-methyl/N-ethyl adjacent to an activating group) is 1. The summed E-state index contributed by atoms with van der Waals surface area (Å²) in [7, 11) is 1.79. The maximum absolute atomic E-state index is 12.9. The fourth-order valence-corrected chi connectivity index (χ4v) is 3.06. The van der Waals surface area contributed by atoms with E-state index in [0.717, 1.165) is 12.2 Å². The molecule has 0 aromatic carbocycles. The maximum atomic E-state index is 12.9. The molecule has 2 aromatic rings. The molecule has 134 valence electrons. The molecule has 0 radical (unpaired) electrons. The number of nitrogens with zero attached hydrogens (tertiary/aromatic N) is 4. The number of nitrogens with one attached hydrogen (secondary N) is 2. The molecular weight excluding hydrogens is 320 g/mol. The molecule has 2 N–H and O–H groups in total. The summed E-state index contributed by atoms with van der Waals surface area (Å²) in [6, 6.07) is 3.76. The van der Waals surface area contributed by atoms with Crippen molar-refractivity contribution in [2.75, 3.05) is 25.5 Å². The smallest absolute Gasteiger partial charge is 0.257 e. The van der Waals surface area contributed by atoms with Gasteiger partial charge in [-0.05, 0) is 32.4 Å². The summed E-state index contributed by atoms with van der Waals surface area (Å²) in [6.45, 7) is 5.17. The van der Waals surface area contributed by atoms with Gasteiger partial charge in [0.2, 0.25) is 0 Å². The van der Waals surface area contributed by atoms with Gasteiger partial charge in [-0.2, -0.15) is 5.10 Å². The molecular formula is C17H24N6O2. The highest BCUT2D eigenvalue weighted by Crippen LogP contribution is 2.29. The van der Waals surface area contributed by atoms with Crippen molar-refractivity contribution in [3.63, 3.8) is 0 Å². The predicted molar refractivity (Wildman–Crippen MR) is 93.4 cm³/mol. The second-order valence-corrected chi connectivity index (χ2v) is 6.56. The van der Waals surface area contributed by atoms with E-state index in [1.807, 2.05) is 13.8 Å². The minimum absolute atomic E-state index is 0.0805. The van der Waals surface area contributed by atoms with Crippen LogP contribution in [0, 0.1) is 0 Å². The third kappa shape index (κ3) is 3.96. The number of amides is 1. The van der Waals surface area contributed by atoms with E-state index in [4.69, 9.17) is 4.74 Å². The number of ether oxygens (including phenoxy) is 1. The van der Waals surface area contributed by atoms with Crippen LogP contribution in [0.5, 0.6) is 0 Å². The van der Waals surface area contributed by atoms with E-state index in [0.29, 0.717) is 24.5 Å². The number of pyridine rings is 1. The van der Waals surface area contributed by atoms with E-state index in [2.05, 4.69) is 25.5 Å². The van der Waals surface area contributed by atoms with Crippen LogP contribution in [-0.4, -0.2) is 63.3 Å². The number of aromatic nitrogens is 4. The summed E-state index contributed by atoms with van der Waals surface area (Å²) in [5, 5.41) is 10.0. The minimum Gasteiger partial charge on any atom is -0.376 e. The van der Waals surface area contributed by atoms with Gasteiger partial charge in [0.15, 0.2) is 0 Å². The van der Waals surface area contributed by atoms with Gasteiger partial charge in [0.1, 0.15) is 18.0 Å². The number of hydrogen-bond donors (Lipinski definition) is 2. The van der Waals surface area contributed by atoms with Crippen molar-refractivity contribution < 1.29 is 9.53 Å². The third-order valence-corrected chi connectivity index (χ3v) is 4.26. The van der Waals surface area contributed by atoms with Crippen molar-refractivity contribution in [1.29, 1.82) is 0 Å². The second-order valence-electron chi connectivity index (χ2n) is 6.56. The van der Waals surface area contributed by atoms with Gasteiger partial charge in [-0.3, -0.25) is 9.89 Å². The molecule has 0 aliphatic carbocycles. The number of aromatic amines is 1. The number of carbonyl (C=O) groups excluding carboxylic acids is 1. The van der Waals surface area contributed by atoms with Gasteiger partial charge in [0.25, 0.3) is 5.91 Å². The molecule has 2 aromatic heterocycles. The maximum Gasteiger partial charge on any atom is 0.257 e. The standard InChI is InChI=1S/C17H24N6O2/c1-11(2)21-15-13(5-4-7-18-15)17(24)23(3)9-14-12(6-8-25-14)16-19-10-20-22-16/h4-5,7,10-12,14H,6,8-9H2,1-3H3,(H,18,21)(H,19,20,22)/t12-,14-/m1/s1. The van der Waals surface area contributed by atoms with Crippen molar-refractivity contribution in [3.05, 3.63) is 36.0 Å². The molecule has 3 heterocycles. The molecule has 3 rings (SSSR count). The molecule has 0 spiro atoms. The molecule has 1 aliphatic heterocycles. The van der Waals surface area contributed by atoms with Crippen LogP contribution in [0.1, 0.15) is 42.4 Å². The van der Waals surface area contributed by atoms with Gasteiger partial charge < -0.3 is 15.0 Å². The van der Waals surface area contributed by atoms with E-state index in [1.54, 1.807) is 30.3 Å². The molecule has 8 nitrogen and oxygen atoms in total. The highest BCUT2D eigenvalue weighted by atomic mass is 16.5. The van der Waals surface area contributed by atoms with E-state index in [1.165, 1.54) is 6.33 Å². The van der Waals surface area contributed by atoms with Crippen LogP contribution < -0.4 is 5.32 Å². The molecule has 1 aliphatic rings. The number of hydrogen-bond acceptors (Lipinski definition) is 6. The Morgan fingerprint density at radius 1 is 1.48 bits per heavy atom. The lowest BCUT2D eigenvalue weighted by Crippen LogP contribution is -2.37. The van der Waals surface area contributed by atoms with Crippen LogP contribution in [0.25, 0.3) is 0 Å². The van der Waals surface area contributed by atoms with Crippen LogP contribution >= 0.6 is 0 Å². The Morgan fingerprint density at radius 2 is 2.32 bits per heavy atom. The summed E-state index contributed by atoms with van der Waals surface area (Å²) < 4.78 is 5.83. The van der Waals surface area contributed by atoms with Crippen molar-refractivity contribution >= 4 is 11.7 Å². The average molecular weight is 344 g/mol. The molecule has 1 amide bonds. The molecule has 1 saturated heterocycles. The quantitative estimate of drug-likeness (QED) is 0.827. The van der Waals surface area contributed by atoms with Crippen LogP contribution in [0.15, 0.2) is 24.7 Å². The molecule has 0 saturated carbocycles. The Labute approximate surface area is 147 Å². The second kappa shape index (κ2) is 7.60. The van der Waals surface area contributed by atoms with E-state index in [9.17, 15) is 4.79 Å². The highest BCUT2D eigenvalue weighted by molar-refractivity contribution is 5.98. The fraction of sp³-hybridized carbons (Fsp3) is 0.529. The molecule has 1 fully saturated rings. The normalized spacial score (nSPS) is 20.0. The lowest BCUT2D eigenvalue weighted by Gasteiger charge is -2.25. The lowest BCUT2D eigenvalue weighted by molar-refractivity contribution is 0.0550. The SMILES string of the molecule is CC(C)Nc1ncccc1C(=O)N(C)C[C@H]1OCC[C@H]1c1ncn[nH]1. The number of carbonyl (C=O) groups is 1. The molecule has 25 heavy (non-hydrogen) atoms. The summed E-state index contributed by atoms with van der Waals surface area (Å²) in [5.74, 6) is 1.46. The van der Waals surface area contributed by atoms with E-state index < -0.39 is 0 Å². The summed E-state index contributed by atoms with van der Waals surface area (Å²) in [6.07, 6.45) is 3.95. The van der Waals surface area contributed by atoms with Gasteiger partial charge in [-0.1, -0.05) is 0 Å². The molecule has 2 atom stereocenters. The molecule has 8 heteroatoms. The van der Waals surface area contributed by atoms with Crippen molar-refractivity contribution in [2.45, 2.75) is 38.3 Å². The van der Waals surface area contributed by atoms with Crippen molar-refractivity contribution in [1.82, 2.24) is 25.1 Å². The van der Waals surface area contributed by atoms with Gasteiger partial charge in [-0.15, -0.1) is 0 Å². The Kier molecular flexibility index (Phi) is 5.28. The Bertz CT molecular complexity index is 703. The topological polar surface area (TPSA) is 96.0 Å². The van der Waals surface area contributed by atoms with Crippen LogP contribution in [0.4, 0.5) is 5.82 Å². The van der Waals surface area contributed by atoms with E-state index in [-0.39, 0.29) is 24.0 Å². The Hall–Kier alpha value is -2.48. The number of rotatable bonds is 6. The average Bonchev–Trinajstić information content (AvgIpc) is 3.25. The first kappa shape index (κ1) is 17.3. The highest BCUT2D eigenvalue weighted by Gasteiger charge is 2.33. The first-order valence-electron chi connectivity index (χ1n) is 8.50. The predicted octanol–water partition coefficient (Wildman–Crippen LogP) is 1.66. The molecule has 0 unspecified atom stereocenters. The third-order valence-electron chi connectivity index (χ3n) is 4.26. The fourth-order valence-electron chi connectivity index (χ4n) is 3.06. The Balaban J connectivity index is 1.71. The zero-order valence-electron chi connectivity index (χ0n) is 14.8. The van der Waals surface area contributed by atoms with Gasteiger partial charge in [0, 0.05) is 38.4 Å². The van der Waals surface area contributed by atoms with Gasteiger partial charge >= 0.3 is 0 Å². The van der Waals surface area contributed by atoms with Crippen LogP contribution in [0.3, 0.4) is 0 Å². The first-order chi connectivity index (χ1) is 12.1. The molecule has 0 bridgehead atoms. The van der Waals surface area contributed by atoms with Crippen LogP contribution in [0.2, 0.25) is 0 Å². The first-order valence-corrected chi connectivity index (χ1v) is 8.50. The zero-order chi connectivity index (χ0) is 17.8. The summed E-state index contributed by atoms with van der Waals surface area (Å²) in [5.41, 5.74) is 0.563. The summed E-state index contributed by atoms with van der Waals surface area (Å²) in [4.78, 5) is 23.1. The van der Waals surface area contributed by atoms with Crippen molar-refractivity contribution in [3.8, 4) is 0 Å². The van der Waals surface area contributed by atoms with Gasteiger partial charge in [-0.25, -0.2) is 9.97 Å². The monoisotopic (exact) mass is 344 g/mol. The minimum atomic E-state index is -0.0971. The van der Waals surface area contributed by atoms with Gasteiger partial charge in [0.05, 0.1) is 11.7 Å². The van der Waals surface area contributed by atoms with E-state index >= 15 is 0 Å². The largest absolute Gasteiger partial charge is 0.376 e. The number of anilines is 1. The van der Waals surface area contributed by atoms with Crippen LogP contribution in [-0.2, 0) is 4.74 Å². The zero-order valence-corrected chi connectivity index (χ0v) is 14.8. The van der Waals surface area contributed by atoms with Crippen molar-refractivity contribution in [2.24, 2.45) is 0 Å². The number of H-pyrrole nitrogens is 1. The Morgan fingerprint density at radius 3 is 3.04 bits per heavy atom. The lowest BCUT2D eigenvalue weighted by atomic mass is 10.0. The summed E-state index contributed by atoms with van der Waals surface area (Å²) >= 11 is 0.